The molecule has 0 aliphatic heterocycles. The molecule has 0 rings (SSSR count). The first-order valence-corrected chi connectivity index (χ1v) is 7.80. The Labute approximate surface area is 143 Å². The first-order chi connectivity index (χ1) is 9.08. The number of hydrogen-bond acceptors (Lipinski definition) is 4. The van der Waals surface area contributed by atoms with Gasteiger partial charge in [0.2, 0.25) is 0 Å². The first kappa shape index (κ1) is 33.1. The van der Waals surface area contributed by atoms with Crippen LogP contribution in [0.4, 0.5) is 0 Å². The fourth-order valence-corrected chi connectivity index (χ4v) is 0. The Bertz CT molecular complexity index is 108. The summed E-state index contributed by atoms with van der Waals surface area (Å²) in [5.41, 5.74) is 0. The van der Waals surface area contributed by atoms with Crippen LogP contribution < -0.4 is 0 Å². The molecule has 0 saturated heterocycles. The zero-order valence-corrected chi connectivity index (χ0v) is 16.7. The van der Waals surface area contributed by atoms with E-state index in [1.54, 1.807) is 27.7 Å². The summed E-state index contributed by atoms with van der Waals surface area (Å²) in [6.45, 7) is 14.9. The number of rotatable bonds is 4. The molecule has 0 amide bonds. The number of hydrogen-bond donors (Lipinski definition) is 4. The van der Waals surface area contributed by atoms with E-state index in [2.05, 4.69) is 0 Å². The summed E-state index contributed by atoms with van der Waals surface area (Å²) < 4.78 is 0. The van der Waals surface area contributed by atoms with Crippen LogP contribution in [-0.2, 0) is 0 Å². The summed E-state index contributed by atoms with van der Waals surface area (Å²) in [7, 11) is 0. The van der Waals surface area contributed by atoms with E-state index in [1.807, 2.05) is 27.7 Å². The molecule has 0 saturated carbocycles. The summed E-state index contributed by atoms with van der Waals surface area (Å²) >= 11 is 0. The van der Waals surface area contributed by atoms with E-state index in [1.165, 1.54) is 0 Å². The third kappa shape index (κ3) is 98.1. The van der Waals surface area contributed by atoms with Gasteiger partial charge in [-0.15, -0.1) is 0 Å². The van der Waals surface area contributed by atoms with Crippen molar-refractivity contribution in [1.82, 2.24) is 0 Å². The lowest BCUT2D eigenvalue weighted by molar-refractivity contribution is 0.190. The molecule has 4 nitrogen and oxygen atoms in total. The van der Waals surface area contributed by atoms with Gasteiger partial charge >= 0.3 is 0 Å². The quantitative estimate of drug-likeness (QED) is 0.600. The Hall–Kier alpha value is 0.372. The highest BCUT2D eigenvalue weighted by atomic mass is 27.0. The lowest BCUT2D eigenvalue weighted by Gasteiger charge is -1.90. The van der Waals surface area contributed by atoms with Crippen LogP contribution in [0.3, 0.4) is 0 Å². The standard InChI is InChI=1S/4C4H10O.Al/c4*1-3-4(2)5;/h4*4-5H,3H2,1-2H3;. The van der Waals surface area contributed by atoms with Crippen LogP contribution in [-0.4, -0.2) is 62.2 Å². The maximum Gasteiger partial charge on any atom is 0.0509 e. The SMILES string of the molecule is CCC(C)O.CCC(C)O.CCC(C)O.CCC(C)O.[Al]. The molecule has 0 bridgehead atoms. The van der Waals surface area contributed by atoms with Crippen LogP contribution in [0.1, 0.15) is 81.1 Å². The second-order valence-corrected chi connectivity index (χ2v) is 5.03. The summed E-state index contributed by atoms with van der Waals surface area (Å²) in [6.07, 6.45) is 2.98. The summed E-state index contributed by atoms with van der Waals surface area (Å²) in [5, 5.41) is 33.4. The Morgan fingerprint density at radius 2 is 0.524 bits per heavy atom. The fourth-order valence-electron chi connectivity index (χ4n) is 0. The highest BCUT2D eigenvalue weighted by molar-refractivity contribution is 5.75. The Morgan fingerprint density at radius 1 is 0.476 bits per heavy atom. The molecule has 131 valence electrons. The maximum atomic E-state index is 8.36. The van der Waals surface area contributed by atoms with Crippen LogP contribution in [0.5, 0.6) is 0 Å². The molecule has 0 aromatic carbocycles. The van der Waals surface area contributed by atoms with Gasteiger partial charge in [-0.1, -0.05) is 27.7 Å². The molecule has 4 N–H and O–H groups in total. The molecule has 0 heterocycles. The molecule has 0 fully saturated rings. The molecule has 4 unspecified atom stereocenters. The highest BCUT2D eigenvalue weighted by Gasteiger charge is 1.83. The smallest absolute Gasteiger partial charge is 0.0509 e. The largest absolute Gasteiger partial charge is 0.393 e. The fraction of sp³-hybridized carbons (Fsp3) is 1.00. The number of aliphatic hydroxyl groups excluding tert-OH is 4. The van der Waals surface area contributed by atoms with E-state index in [9.17, 15) is 0 Å². The van der Waals surface area contributed by atoms with Crippen molar-refractivity contribution in [1.29, 1.82) is 0 Å². The zero-order valence-electron chi connectivity index (χ0n) is 15.5. The van der Waals surface area contributed by atoms with Crippen molar-refractivity contribution in [3.8, 4) is 0 Å². The molecule has 0 aliphatic carbocycles. The van der Waals surface area contributed by atoms with Gasteiger partial charge in [-0.25, -0.2) is 0 Å². The molecule has 0 aromatic heterocycles. The minimum Gasteiger partial charge on any atom is -0.393 e. The molecule has 0 spiro atoms. The van der Waals surface area contributed by atoms with Gasteiger partial charge in [0.1, 0.15) is 0 Å². The topological polar surface area (TPSA) is 80.9 Å². The first-order valence-electron chi connectivity index (χ1n) is 7.80. The van der Waals surface area contributed by atoms with Crippen molar-refractivity contribution in [2.45, 2.75) is 105 Å². The monoisotopic (exact) mass is 323 g/mol. The number of aliphatic hydroxyl groups is 4. The van der Waals surface area contributed by atoms with Gasteiger partial charge in [0.05, 0.1) is 24.4 Å². The second-order valence-electron chi connectivity index (χ2n) is 5.03. The van der Waals surface area contributed by atoms with Crippen molar-refractivity contribution < 1.29 is 20.4 Å². The second kappa shape index (κ2) is 28.5. The van der Waals surface area contributed by atoms with Crippen molar-refractivity contribution >= 4 is 17.4 Å². The Balaban J connectivity index is -0.0000000533. The molecule has 3 radical (unpaired) electrons. The molecule has 5 heteroatoms. The van der Waals surface area contributed by atoms with Crippen LogP contribution in [0, 0.1) is 0 Å². The van der Waals surface area contributed by atoms with Gasteiger partial charge in [0.25, 0.3) is 0 Å². The van der Waals surface area contributed by atoms with Crippen LogP contribution in [0.2, 0.25) is 0 Å². The van der Waals surface area contributed by atoms with Crippen molar-refractivity contribution in [2.75, 3.05) is 0 Å². The predicted molar refractivity (Wildman–Crippen MR) is 93.6 cm³/mol. The summed E-state index contributed by atoms with van der Waals surface area (Å²) in [4.78, 5) is 0. The van der Waals surface area contributed by atoms with Crippen molar-refractivity contribution in [3.05, 3.63) is 0 Å². The van der Waals surface area contributed by atoms with Gasteiger partial charge in [0, 0.05) is 17.4 Å². The van der Waals surface area contributed by atoms with Crippen LogP contribution in [0.25, 0.3) is 0 Å². The third-order valence-electron chi connectivity index (χ3n) is 2.36. The van der Waals surface area contributed by atoms with E-state index in [-0.39, 0.29) is 41.8 Å². The average molecular weight is 323 g/mol. The molecule has 4 atom stereocenters. The summed E-state index contributed by atoms with van der Waals surface area (Å²) in [5.74, 6) is 0. The van der Waals surface area contributed by atoms with Gasteiger partial charge in [-0.3, -0.25) is 0 Å². The van der Waals surface area contributed by atoms with Crippen LogP contribution in [0.15, 0.2) is 0 Å². The van der Waals surface area contributed by atoms with E-state index in [0.29, 0.717) is 0 Å². The van der Waals surface area contributed by atoms with Crippen molar-refractivity contribution in [3.63, 3.8) is 0 Å². The van der Waals surface area contributed by atoms with Gasteiger partial charge in [0.15, 0.2) is 0 Å². The maximum absolute atomic E-state index is 8.36. The van der Waals surface area contributed by atoms with Gasteiger partial charge in [-0.2, -0.15) is 0 Å². The van der Waals surface area contributed by atoms with E-state index in [4.69, 9.17) is 20.4 Å². The van der Waals surface area contributed by atoms with Crippen molar-refractivity contribution in [2.24, 2.45) is 0 Å². The van der Waals surface area contributed by atoms with E-state index >= 15 is 0 Å². The molecular weight excluding hydrogens is 283 g/mol. The molecular formula is C16H40AlO4. The molecule has 0 aromatic rings. The van der Waals surface area contributed by atoms with Gasteiger partial charge in [-0.05, 0) is 53.4 Å². The van der Waals surface area contributed by atoms with Gasteiger partial charge < -0.3 is 20.4 Å². The third-order valence-corrected chi connectivity index (χ3v) is 2.36. The minimum absolute atomic E-state index is 0. The van der Waals surface area contributed by atoms with E-state index < -0.39 is 0 Å². The highest BCUT2D eigenvalue weighted by Crippen LogP contribution is 1.83. The zero-order chi connectivity index (χ0) is 17.1. The predicted octanol–water partition coefficient (Wildman–Crippen LogP) is 2.73. The lowest BCUT2D eigenvalue weighted by atomic mass is 10.3. The Kier molecular flexibility index (Phi) is 44.9. The summed E-state index contributed by atoms with van der Waals surface area (Å²) in [6, 6.07) is 0. The minimum atomic E-state index is -0.116. The van der Waals surface area contributed by atoms with E-state index in [0.717, 1.165) is 25.7 Å². The normalized spacial score (nSPS) is 14.3. The van der Waals surface area contributed by atoms with Crippen LogP contribution >= 0.6 is 0 Å². The molecule has 21 heavy (non-hydrogen) atoms. The lowest BCUT2D eigenvalue weighted by Crippen LogP contribution is -1.93. The Morgan fingerprint density at radius 3 is 0.524 bits per heavy atom. The average Bonchev–Trinajstić information content (AvgIpc) is 2.40. The molecule has 0 aliphatic rings.